The lowest BCUT2D eigenvalue weighted by Crippen LogP contribution is -2.33. The standard InChI is InChI=1S/C13H23N3O2/c1-11-8-15(10-13(11,2)17)9-12-14-4-5-16(12)6-7-18-3/h4-5,11,17H,6-10H2,1-3H3/t11-,13+/m1/s1. The number of hydrogen-bond acceptors (Lipinski definition) is 4. The molecule has 0 aromatic carbocycles. The van der Waals surface area contributed by atoms with Gasteiger partial charge in [-0.05, 0) is 12.8 Å². The SMILES string of the molecule is COCCn1ccnc1CN1C[C@@H](C)[C@@](C)(O)C1. The van der Waals surface area contributed by atoms with Gasteiger partial charge in [0.1, 0.15) is 5.82 Å². The molecule has 0 amide bonds. The number of aromatic nitrogens is 2. The third-order valence-electron chi connectivity index (χ3n) is 3.84. The Balaban J connectivity index is 1.96. The quantitative estimate of drug-likeness (QED) is 0.840. The van der Waals surface area contributed by atoms with E-state index in [0.29, 0.717) is 19.1 Å². The summed E-state index contributed by atoms with van der Waals surface area (Å²) >= 11 is 0. The van der Waals surface area contributed by atoms with Gasteiger partial charge in [-0.1, -0.05) is 6.92 Å². The molecule has 2 heterocycles. The Morgan fingerprint density at radius 1 is 1.61 bits per heavy atom. The lowest BCUT2D eigenvalue weighted by atomic mass is 9.95. The summed E-state index contributed by atoms with van der Waals surface area (Å²) in [7, 11) is 1.70. The Morgan fingerprint density at radius 3 is 3.00 bits per heavy atom. The van der Waals surface area contributed by atoms with Crippen molar-refractivity contribution in [3.8, 4) is 0 Å². The highest BCUT2D eigenvalue weighted by Crippen LogP contribution is 2.27. The number of likely N-dealkylation sites (tertiary alicyclic amines) is 1. The molecule has 1 aliphatic rings. The molecule has 0 saturated carbocycles. The zero-order valence-electron chi connectivity index (χ0n) is 11.5. The summed E-state index contributed by atoms with van der Waals surface area (Å²) in [5.74, 6) is 1.34. The maximum absolute atomic E-state index is 10.2. The lowest BCUT2D eigenvalue weighted by Gasteiger charge is -2.21. The van der Waals surface area contributed by atoms with Crippen molar-refractivity contribution in [3.63, 3.8) is 0 Å². The monoisotopic (exact) mass is 253 g/mol. The zero-order valence-corrected chi connectivity index (χ0v) is 11.5. The van der Waals surface area contributed by atoms with E-state index in [2.05, 4.69) is 21.4 Å². The van der Waals surface area contributed by atoms with E-state index in [1.54, 1.807) is 7.11 Å². The number of nitrogens with zero attached hydrogens (tertiary/aromatic N) is 3. The van der Waals surface area contributed by atoms with Crippen LogP contribution in [0.15, 0.2) is 12.4 Å². The molecular formula is C13H23N3O2. The number of methoxy groups -OCH3 is 1. The molecule has 18 heavy (non-hydrogen) atoms. The number of β-amino-alcohol motifs (C(OH)–C–C–N with tert-alkyl or cyclic N) is 1. The first-order chi connectivity index (χ1) is 8.53. The third kappa shape index (κ3) is 2.91. The molecule has 1 aliphatic heterocycles. The third-order valence-corrected chi connectivity index (χ3v) is 3.84. The van der Waals surface area contributed by atoms with E-state index in [-0.39, 0.29) is 0 Å². The second kappa shape index (κ2) is 5.38. The van der Waals surface area contributed by atoms with Crippen LogP contribution in [0.1, 0.15) is 19.7 Å². The molecule has 2 rings (SSSR count). The Bertz CT molecular complexity index is 389. The molecule has 0 bridgehead atoms. The van der Waals surface area contributed by atoms with E-state index in [1.807, 2.05) is 19.3 Å². The molecule has 1 aromatic rings. The van der Waals surface area contributed by atoms with Crippen molar-refractivity contribution in [1.29, 1.82) is 0 Å². The van der Waals surface area contributed by atoms with E-state index >= 15 is 0 Å². The van der Waals surface area contributed by atoms with Crippen molar-refractivity contribution >= 4 is 0 Å². The molecule has 1 fully saturated rings. The first kappa shape index (κ1) is 13.5. The molecule has 2 atom stereocenters. The summed E-state index contributed by atoms with van der Waals surface area (Å²) in [4.78, 5) is 6.65. The van der Waals surface area contributed by atoms with Crippen molar-refractivity contribution in [3.05, 3.63) is 18.2 Å². The first-order valence-corrected chi connectivity index (χ1v) is 6.46. The van der Waals surface area contributed by atoms with E-state index in [9.17, 15) is 5.11 Å². The highest BCUT2D eigenvalue weighted by molar-refractivity contribution is 4.97. The zero-order chi connectivity index (χ0) is 13.2. The highest BCUT2D eigenvalue weighted by atomic mass is 16.5. The van der Waals surface area contributed by atoms with Crippen LogP contribution in [0.5, 0.6) is 0 Å². The van der Waals surface area contributed by atoms with Gasteiger partial charge in [-0.2, -0.15) is 0 Å². The van der Waals surface area contributed by atoms with Crippen LogP contribution in [-0.2, 0) is 17.8 Å². The Morgan fingerprint density at radius 2 is 2.39 bits per heavy atom. The van der Waals surface area contributed by atoms with Crippen LogP contribution in [0.4, 0.5) is 0 Å². The van der Waals surface area contributed by atoms with Crippen molar-refractivity contribution in [2.45, 2.75) is 32.5 Å². The predicted octanol–water partition coefficient (Wildman–Crippen LogP) is 0.732. The van der Waals surface area contributed by atoms with Gasteiger partial charge in [-0.25, -0.2) is 4.98 Å². The molecule has 5 nitrogen and oxygen atoms in total. The van der Waals surface area contributed by atoms with E-state index in [0.717, 1.165) is 25.5 Å². The molecule has 0 unspecified atom stereocenters. The van der Waals surface area contributed by atoms with Crippen molar-refractivity contribution in [1.82, 2.24) is 14.5 Å². The fourth-order valence-corrected chi connectivity index (χ4v) is 2.46. The van der Waals surface area contributed by atoms with Gasteiger partial charge in [0, 0.05) is 39.1 Å². The topological polar surface area (TPSA) is 50.5 Å². The molecule has 1 aromatic heterocycles. The number of hydrogen-bond donors (Lipinski definition) is 1. The smallest absolute Gasteiger partial charge is 0.122 e. The van der Waals surface area contributed by atoms with Gasteiger partial charge in [-0.3, -0.25) is 4.90 Å². The molecule has 5 heteroatoms. The molecule has 1 N–H and O–H groups in total. The highest BCUT2D eigenvalue weighted by Gasteiger charge is 2.38. The molecule has 1 saturated heterocycles. The molecular weight excluding hydrogens is 230 g/mol. The number of aliphatic hydroxyl groups is 1. The van der Waals surface area contributed by atoms with Crippen LogP contribution in [0.3, 0.4) is 0 Å². The summed E-state index contributed by atoms with van der Waals surface area (Å²) in [6, 6.07) is 0. The second-order valence-electron chi connectivity index (χ2n) is 5.46. The van der Waals surface area contributed by atoms with Crippen LogP contribution >= 0.6 is 0 Å². The second-order valence-corrected chi connectivity index (χ2v) is 5.46. The summed E-state index contributed by atoms with van der Waals surface area (Å²) in [5, 5.41) is 10.2. The number of ether oxygens (including phenoxy) is 1. The van der Waals surface area contributed by atoms with Gasteiger partial charge in [0.25, 0.3) is 0 Å². The maximum atomic E-state index is 10.2. The largest absolute Gasteiger partial charge is 0.389 e. The molecule has 0 radical (unpaired) electrons. The van der Waals surface area contributed by atoms with Gasteiger partial charge >= 0.3 is 0 Å². The first-order valence-electron chi connectivity index (χ1n) is 6.46. The van der Waals surface area contributed by atoms with Gasteiger partial charge < -0.3 is 14.4 Å². The molecule has 102 valence electrons. The van der Waals surface area contributed by atoms with Gasteiger partial charge in [0.15, 0.2) is 0 Å². The van der Waals surface area contributed by atoms with E-state index in [1.165, 1.54) is 0 Å². The fraction of sp³-hybridized carbons (Fsp3) is 0.769. The summed E-state index contributed by atoms with van der Waals surface area (Å²) in [5.41, 5.74) is -0.579. The normalized spacial score (nSPS) is 29.0. The summed E-state index contributed by atoms with van der Waals surface area (Å²) < 4.78 is 7.20. The Kier molecular flexibility index (Phi) is 4.04. The fourth-order valence-electron chi connectivity index (χ4n) is 2.46. The van der Waals surface area contributed by atoms with Crippen LogP contribution in [0, 0.1) is 5.92 Å². The van der Waals surface area contributed by atoms with Gasteiger partial charge in [0.2, 0.25) is 0 Å². The lowest BCUT2D eigenvalue weighted by molar-refractivity contribution is 0.0362. The Hall–Kier alpha value is -0.910. The summed E-state index contributed by atoms with van der Waals surface area (Å²) in [6.07, 6.45) is 3.80. The van der Waals surface area contributed by atoms with Crippen molar-refractivity contribution in [2.24, 2.45) is 5.92 Å². The molecule has 0 aliphatic carbocycles. The van der Waals surface area contributed by atoms with Gasteiger partial charge in [0.05, 0.1) is 18.8 Å². The molecule has 0 spiro atoms. The van der Waals surface area contributed by atoms with Crippen LogP contribution < -0.4 is 0 Å². The van der Waals surface area contributed by atoms with Gasteiger partial charge in [-0.15, -0.1) is 0 Å². The van der Waals surface area contributed by atoms with Crippen molar-refractivity contribution in [2.75, 3.05) is 26.8 Å². The Labute approximate surface area is 108 Å². The van der Waals surface area contributed by atoms with Crippen molar-refractivity contribution < 1.29 is 9.84 Å². The average Bonchev–Trinajstić information content (AvgIpc) is 2.82. The minimum atomic E-state index is -0.579. The predicted molar refractivity (Wildman–Crippen MR) is 69.2 cm³/mol. The van der Waals surface area contributed by atoms with Crippen LogP contribution in [0.25, 0.3) is 0 Å². The number of imidazole rings is 1. The average molecular weight is 253 g/mol. The van der Waals surface area contributed by atoms with Crippen LogP contribution in [0.2, 0.25) is 0 Å². The minimum Gasteiger partial charge on any atom is -0.389 e. The minimum absolute atomic E-state index is 0.305. The number of rotatable bonds is 5. The van der Waals surface area contributed by atoms with E-state index in [4.69, 9.17) is 4.74 Å². The van der Waals surface area contributed by atoms with E-state index < -0.39 is 5.60 Å². The maximum Gasteiger partial charge on any atom is 0.122 e. The summed E-state index contributed by atoms with van der Waals surface area (Å²) in [6.45, 7) is 7.95. The van der Waals surface area contributed by atoms with Crippen LogP contribution in [-0.4, -0.2) is 52.0 Å².